The fourth-order valence-electron chi connectivity index (χ4n) is 2.66. The predicted octanol–water partition coefficient (Wildman–Crippen LogP) is 3.88. The Hall–Kier alpha value is -1.31. The summed E-state index contributed by atoms with van der Waals surface area (Å²) >= 11 is 3.14. The summed E-state index contributed by atoms with van der Waals surface area (Å²) < 4.78 is 54.5. The third kappa shape index (κ3) is 4.02. The van der Waals surface area contributed by atoms with Crippen molar-refractivity contribution in [3.63, 3.8) is 0 Å². The van der Waals surface area contributed by atoms with E-state index in [4.69, 9.17) is 0 Å². The van der Waals surface area contributed by atoms with Gasteiger partial charge in [0.25, 0.3) is 0 Å². The second-order valence-corrected chi connectivity index (χ2v) is 8.83. The zero-order chi connectivity index (χ0) is 17.4. The van der Waals surface area contributed by atoms with Crippen LogP contribution in [0.2, 0.25) is 0 Å². The van der Waals surface area contributed by atoms with Crippen LogP contribution in [-0.2, 0) is 21.2 Å². The SMILES string of the molecule is O=S(=O)(Cc1ccc(Br)cc1F)NCC1(c2ccc(F)cc2)CC1. The topological polar surface area (TPSA) is 46.2 Å². The molecule has 7 heteroatoms. The molecule has 1 fully saturated rings. The van der Waals surface area contributed by atoms with Gasteiger partial charge in [0, 0.05) is 22.0 Å². The van der Waals surface area contributed by atoms with Gasteiger partial charge in [0.05, 0.1) is 5.75 Å². The molecule has 1 aliphatic rings. The average molecular weight is 416 g/mol. The van der Waals surface area contributed by atoms with Crippen molar-refractivity contribution in [3.05, 3.63) is 69.7 Å². The minimum absolute atomic E-state index is 0.123. The molecule has 0 bridgehead atoms. The van der Waals surface area contributed by atoms with Crippen LogP contribution < -0.4 is 4.72 Å². The monoisotopic (exact) mass is 415 g/mol. The summed E-state index contributed by atoms with van der Waals surface area (Å²) in [5.41, 5.74) is 0.762. The zero-order valence-electron chi connectivity index (χ0n) is 12.7. The van der Waals surface area contributed by atoms with E-state index in [2.05, 4.69) is 20.7 Å². The lowest BCUT2D eigenvalue weighted by Crippen LogP contribution is -2.33. The Morgan fingerprint density at radius 3 is 2.33 bits per heavy atom. The van der Waals surface area contributed by atoms with Crippen LogP contribution in [0.4, 0.5) is 8.78 Å². The van der Waals surface area contributed by atoms with Gasteiger partial charge in [0.2, 0.25) is 10.0 Å². The van der Waals surface area contributed by atoms with E-state index in [1.165, 1.54) is 24.3 Å². The lowest BCUT2D eigenvalue weighted by molar-refractivity contribution is 0.561. The molecule has 0 saturated heterocycles. The molecule has 0 aromatic heterocycles. The molecule has 24 heavy (non-hydrogen) atoms. The van der Waals surface area contributed by atoms with Gasteiger partial charge in [-0.25, -0.2) is 21.9 Å². The molecular formula is C17H16BrF2NO2S. The van der Waals surface area contributed by atoms with Crippen LogP contribution in [0.25, 0.3) is 0 Å². The highest BCUT2D eigenvalue weighted by Gasteiger charge is 2.44. The van der Waals surface area contributed by atoms with Gasteiger partial charge in [-0.2, -0.15) is 0 Å². The average Bonchev–Trinajstić information content (AvgIpc) is 3.30. The van der Waals surface area contributed by atoms with Crippen LogP contribution in [0, 0.1) is 11.6 Å². The highest BCUT2D eigenvalue weighted by atomic mass is 79.9. The number of hydrogen-bond donors (Lipinski definition) is 1. The van der Waals surface area contributed by atoms with Gasteiger partial charge < -0.3 is 0 Å². The lowest BCUT2D eigenvalue weighted by atomic mass is 9.96. The van der Waals surface area contributed by atoms with E-state index in [1.807, 2.05) is 0 Å². The molecule has 3 nitrogen and oxygen atoms in total. The number of hydrogen-bond acceptors (Lipinski definition) is 2. The van der Waals surface area contributed by atoms with Crippen LogP contribution in [0.3, 0.4) is 0 Å². The molecule has 0 unspecified atom stereocenters. The Bertz CT molecular complexity index is 849. The summed E-state index contributed by atoms with van der Waals surface area (Å²) in [6.45, 7) is 0.235. The number of benzene rings is 2. The highest BCUT2D eigenvalue weighted by Crippen LogP contribution is 2.47. The van der Waals surface area contributed by atoms with Crippen molar-refractivity contribution in [1.29, 1.82) is 0 Å². The molecule has 0 radical (unpaired) electrons. The third-order valence-electron chi connectivity index (χ3n) is 4.30. The van der Waals surface area contributed by atoms with Gasteiger partial charge in [-0.3, -0.25) is 0 Å². The van der Waals surface area contributed by atoms with Crippen molar-refractivity contribution in [2.24, 2.45) is 0 Å². The molecule has 3 rings (SSSR count). The molecule has 128 valence electrons. The van der Waals surface area contributed by atoms with Crippen molar-refractivity contribution >= 4 is 26.0 Å². The zero-order valence-corrected chi connectivity index (χ0v) is 15.1. The molecule has 0 heterocycles. The summed E-state index contributed by atoms with van der Waals surface area (Å²) in [4.78, 5) is 0. The number of nitrogens with one attached hydrogen (secondary N) is 1. The maximum absolute atomic E-state index is 13.8. The van der Waals surface area contributed by atoms with Gasteiger partial charge in [-0.1, -0.05) is 34.1 Å². The second kappa shape index (κ2) is 6.54. The van der Waals surface area contributed by atoms with Gasteiger partial charge in [-0.15, -0.1) is 0 Å². The lowest BCUT2D eigenvalue weighted by Gasteiger charge is -2.17. The molecule has 1 N–H and O–H groups in total. The number of sulfonamides is 1. The fraction of sp³-hybridized carbons (Fsp3) is 0.294. The normalized spacial score (nSPS) is 16.1. The third-order valence-corrected chi connectivity index (χ3v) is 6.07. The summed E-state index contributed by atoms with van der Waals surface area (Å²) in [7, 11) is -3.66. The van der Waals surface area contributed by atoms with Crippen molar-refractivity contribution in [1.82, 2.24) is 4.72 Å². The molecule has 2 aromatic rings. The van der Waals surface area contributed by atoms with Gasteiger partial charge in [0.1, 0.15) is 11.6 Å². The van der Waals surface area contributed by atoms with Crippen LogP contribution in [-0.4, -0.2) is 15.0 Å². The quantitative estimate of drug-likeness (QED) is 0.777. The molecule has 2 aromatic carbocycles. The smallest absolute Gasteiger partial charge is 0.214 e. The Morgan fingerprint density at radius 2 is 1.75 bits per heavy atom. The van der Waals surface area contributed by atoms with Crippen LogP contribution >= 0.6 is 15.9 Å². The van der Waals surface area contributed by atoms with E-state index in [9.17, 15) is 17.2 Å². The van der Waals surface area contributed by atoms with E-state index >= 15 is 0 Å². The summed E-state index contributed by atoms with van der Waals surface area (Å²) in [6, 6.07) is 10.4. The first kappa shape index (κ1) is 17.5. The Morgan fingerprint density at radius 1 is 1.08 bits per heavy atom. The minimum atomic E-state index is -3.66. The van der Waals surface area contributed by atoms with Crippen molar-refractivity contribution in [2.75, 3.05) is 6.54 Å². The summed E-state index contributed by atoms with van der Waals surface area (Å²) in [5.74, 6) is -1.29. The first-order valence-electron chi connectivity index (χ1n) is 7.47. The van der Waals surface area contributed by atoms with E-state index in [-0.39, 0.29) is 23.3 Å². The Balaban J connectivity index is 1.68. The van der Waals surface area contributed by atoms with E-state index in [0.717, 1.165) is 18.4 Å². The van der Waals surface area contributed by atoms with Crippen LogP contribution in [0.15, 0.2) is 46.9 Å². The van der Waals surface area contributed by atoms with Gasteiger partial charge in [-0.05, 0) is 42.7 Å². The molecular weight excluding hydrogens is 400 g/mol. The van der Waals surface area contributed by atoms with Gasteiger partial charge >= 0.3 is 0 Å². The van der Waals surface area contributed by atoms with Crippen LogP contribution in [0.1, 0.15) is 24.0 Å². The van der Waals surface area contributed by atoms with Crippen molar-refractivity contribution < 1.29 is 17.2 Å². The molecule has 0 amide bonds. The largest absolute Gasteiger partial charge is 0.215 e. The molecule has 0 aliphatic heterocycles. The predicted molar refractivity (Wildman–Crippen MR) is 92.0 cm³/mol. The number of halogens is 3. The second-order valence-electron chi connectivity index (χ2n) is 6.10. The molecule has 0 atom stereocenters. The van der Waals surface area contributed by atoms with E-state index < -0.39 is 21.6 Å². The maximum atomic E-state index is 13.8. The highest BCUT2D eigenvalue weighted by molar-refractivity contribution is 9.10. The molecule has 1 aliphatic carbocycles. The molecule has 1 saturated carbocycles. The first-order valence-corrected chi connectivity index (χ1v) is 9.92. The summed E-state index contributed by atoms with van der Waals surface area (Å²) in [5, 5.41) is 0. The Labute approximate surface area is 148 Å². The fourth-order valence-corrected chi connectivity index (χ4v) is 4.24. The minimum Gasteiger partial charge on any atom is -0.214 e. The van der Waals surface area contributed by atoms with Gasteiger partial charge in [0.15, 0.2) is 0 Å². The van der Waals surface area contributed by atoms with Crippen LogP contribution in [0.5, 0.6) is 0 Å². The maximum Gasteiger partial charge on any atom is 0.215 e. The van der Waals surface area contributed by atoms with E-state index in [0.29, 0.717) is 4.47 Å². The number of rotatable bonds is 6. The Kier molecular flexibility index (Phi) is 4.77. The van der Waals surface area contributed by atoms with Crippen molar-refractivity contribution in [3.8, 4) is 0 Å². The van der Waals surface area contributed by atoms with E-state index in [1.54, 1.807) is 18.2 Å². The standard InChI is InChI=1S/C17H16BrF2NO2S/c18-14-4-1-12(16(20)9-14)10-24(22,23)21-11-17(7-8-17)13-2-5-15(19)6-3-13/h1-6,9,21H,7-8,10-11H2. The first-order chi connectivity index (χ1) is 11.3. The van der Waals surface area contributed by atoms with Crippen molar-refractivity contribution in [2.45, 2.75) is 24.0 Å². The summed E-state index contributed by atoms with van der Waals surface area (Å²) in [6.07, 6.45) is 1.68. The molecule has 0 spiro atoms.